The Morgan fingerprint density at radius 1 is 1.04 bits per heavy atom. The summed E-state index contributed by atoms with van der Waals surface area (Å²) in [6.45, 7) is 11.0. The third-order valence-electron chi connectivity index (χ3n) is 10.0. The van der Waals surface area contributed by atoms with Gasteiger partial charge >= 0.3 is 0 Å². The summed E-state index contributed by atoms with van der Waals surface area (Å²) >= 11 is 0. The molecule has 3 aliphatic rings. The lowest BCUT2D eigenvalue weighted by atomic mass is 9.92. The minimum absolute atomic E-state index is 0.0616. The van der Waals surface area contributed by atoms with Gasteiger partial charge in [0, 0.05) is 37.0 Å². The Balaban J connectivity index is 1.01. The van der Waals surface area contributed by atoms with Crippen molar-refractivity contribution in [2.45, 2.75) is 38.7 Å². The van der Waals surface area contributed by atoms with Crippen LogP contribution < -0.4 is 9.64 Å². The fraction of sp³-hybridized carbons (Fsp3) is 0.553. The van der Waals surface area contributed by atoms with Gasteiger partial charge in [-0.05, 0) is 101 Å². The predicted molar refractivity (Wildman–Crippen MR) is 185 cm³/mol. The summed E-state index contributed by atoms with van der Waals surface area (Å²) in [5.41, 5.74) is 4.26. The van der Waals surface area contributed by atoms with Gasteiger partial charge in [-0.3, -0.25) is 14.6 Å². The molecule has 2 aromatic carbocycles. The Labute approximate surface area is 276 Å². The van der Waals surface area contributed by atoms with Crippen molar-refractivity contribution in [1.82, 2.24) is 9.80 Å². The monoisotopic (exact) mass is 631 g/mol. The number of nitrogens with one attached hydrogen (secondary N) is 1. The van der Waals surface area contributed by atoms with Gasteiger partial charge in [0.2, 0.25) is 0 Å². The van der Waals surface area contributed by atoms with Gasteiger partial charge in [-0.25, -0.2) is 0 Å². The van der Waals surface area contributed by atoms with Crippen LogP contribution in [-0.2, 0) is 11.2 Å². The molecule has 2 atom stereocenters. The van der Waals surface area contributed by atoms with Gasteiger partial charge in [0.25, 0.3) is 0 Å². The van der Waals surface area contributed by atoms with Crippen LogP contribution in [0, 0.1) is 17.0 Å². The topological polar surface area (TPSA) is 69.5 Å². The van der Waals surface area contributed by atoms with E-state index in [1.165, 1.54) is 16.2 Å². The highest BCUT2D eigenvalue weighted by Crippen LogP contribution is 2.25. The highest BCUT2D eigenvalue weighted by molar-refractivity contribution is 5.97. The van der Waals surface area contributed by atoms with Crippen molar-refractivity contribution >= 4 is 11.5 Å². The van der Waals surface area contributed by atoms with Gasteiger partial charge < -0.3 is 24.2 Å². The maximum absolute atomic E-state index is 13.7. The van der Waals surface area contributed by atoms with Crippen LogP contribution in [0.25, 0.3) is 0 Å². The first kappa shape index (κ1) is 34.5. The molecule has 0 spiro atoms. The maximum Gasteiger partial charge on any atom is 0.167 e. The number of piperazine rings is 1. The van der Waals surface area contributed by atoms with Gasteiger partial charge in [-0.1, -0.05) is 37.3 Å². The zero-order valence-electron chi connectivity index (χ0n) is 28.5. The quantitative estimate of drug-likeness (QED) is 0.146. The molecule has 1 unspecified atom stereocenters. The van der Waals surface area contributed by atoms with Crippen LogP contribution >= 0.6 is 0 Å². The number of rotatable bonds is 14. The lowest BCUT2D eigenvalue weighted by Crippen LogP contribution is -3.11. The first-order chi connectivity index (χ1) is 22.2. The molecule has 0 bridgehead atoms. The van der Waals surface area contributed by atoms with E-state index in [-0.39, 0.29) is 16.5 Å². The number of likely N-dealkylation sites (tertiary alicyclic amines) is 1. The average Bonchev–Trinajstić information content (AvgIpc) is 3.05. The minimum Gasteiger partial charge on any atom is -0.632 e. The number of ether oxygens (including phenoxy) is 2. The molecule has 46 heavy (non-hydrogen) atoms. The van der Waals surface area contributed by atoms with Crippen molar-refractivity contribution in [3.63, 3.8) is 0 Å². The fourth-order valence-corrected chi connectivity index (χ4v) is 7.16. The molecule has 0 saturated carbocycles. The van der Waals surface area contributed by atoms with E-state index in [9.17, 15) is 10.0 Å². The van der Waals surface area contributed by atoms with E-state index in [2.05, 4.69) is 61.2 Å². The van der Waals surface area contributed by atoms with Crippen molar-refractivity contribution in [3.05, 3.63) is 88.7 Å². The normalized spacial score (nSPS) is 25.9. The highest BCUT2D eigenvalue weighted by atomic mass is 16.5. The second-order valence-corrected chi connectivity index (χ2v) is 14.0. The number of methoxy groups -OCH3 is 1. The number of carbonyl (C=O) groups excluding carboxylic acids is 1. The first-order valence-electron chi connectivity index (χ1n) is 17.3. The van der Waals surface area contributed by atoms with Crippen LogP contribution in [0.15, 0.2) is 72.3 Å². The fourth-order valence-electron chi connectivity index (χ4n) is 7.16. The minimum atomic E-state index is -0.0616. The summed E-state index contributed by atoms with van der Waals surface area (Å²) in [4.78, 5) is 18.9. The number of hydroxylamine groups is 3. The number of ketones is 1. The van der Waals surface area contributed by atoms with Crippen LogP contribution in [0.3, 0.4) is 0 Å². The predicted octanol–water partition coefficient (Wildman–Crippen LogP) is 4.15. The summed E-state index contributed by atoms with van der Waals surface area (Å²) in [5, 5.41) is 13.7. The van der Waals surface area contributed by atoms with Crippen molar-refractivity contribution in [1.29, 1.82) is 0 Å². The van der Waals surface area contributed by atoms with E-state index < -0.39 is 0 Å². The van der Waals surface area contributed by atoms with Gasteiger partial charge in [0.1, 0.15) is 37.6 Å². The van der Waals surface area contributed by atoms with E-state index in [4.69, 9.17) is 9.47 Å². The van der Waals surface area contributed by atoms with E-state index >= 15 is 0 Å². The van der Waals surface area contributed by atoms with Gasteiger partial charge in [-0.15, -0.1) is 0 Å². The molecule has 250 valence electrons. The van der Waals surface area contributed by atoms with E-state index in [1.807, 2.05) is 36.4 Å². The second kappa shape index (κ2) is 16.3. The average molecular weight is 632 g/mol. The van der Waals surface area contributed by atoms with Crippen LogP contribution in [-0.4, -0.2) is 113 Å². The Kier molecular flexibility index (Phi) is 12.2. The van der Waals surface area contributed by atoms with Crippen LogP contribution in [0.5, 0.6) is 5.75 Å². The molecule has 2 saturated heterocycles. The van der Waals surface area contributed by atoms with Crippen molar-refractivity contribution in [2.24, 2.45) is 11.8 Å². The molecule has 8 nitrogen and oxygen atoms in total. The number of Topliss-reactive ketones (excluding diaryl/α,β-unsaturated/α-hetero) is 1. The molecular formula is C38H55N4O4+. The summed E-state index contributed by atoms with van der Waals surface area (Å²) in [5.74, 6) is 1.80. The maximum atomic E-state index is 13.7. The van der Waals surface area contributed by atoms with Crippen molar-refractivity contribution < 1.29 is 23.8 Å². The lowest BCUT2D eigenvalue weighted by molar-refractivity contribution is -0.974. The molecule has 0 amide bonds. The first-order valence-corrected chi connectivity index (χ1v) is 17.3. The molecule has 5 rings (SSSR count). The number of nitrogens with zero attached hydrogens (tertiary/aromatic N) is 3. The standard InChI is InChI=1S/C38H54N4O4/c1-30-26-33(8-15-38(30)46-25-5-18-39(2)3)28-40-19-16-32(17-20-40)29-42(44)23-21-41(22-24-42)35-11-9-34(10-12-35)37(43)27-31-6-13-36(45-4)14-7-31/h6-15,26,30,32,38H,5,16-25,27-29H2,1-4H3/p+1/t30?,38-/m1/s1. The molecule has 2 heterocycles. The van der Waals surface area contributed by atoms with E-state index in [1.54, 1.807) is 7.11 Å². The number of quaternary nitrogens is 2. The van der Waals surface area contributed by atoms with Gasteiger partial charge in [-0.2, -0.15) is 0 Å². The Morgan fingerprint density at radius 2 is 1.74 bits per heavy atom. The SMILES string of the molecule is COc1ccc(CC(=O)c2ccc([NH+]3CC[N+]([O-])(CC4CCN(CC5=CC(C)[C@H](OCCCN(C)C)C=C5)CC4)CC3)cc2)cc1. The third-order valence-corrected chi connectivity index (χ3v) is 10.0. The number of carbonyl (C=O) groups is 1. The summed E-state index contributed by atoms with van der Waals surface area (Å²) in [7, 11) is 5.84. The zero-order chi connectivity index (χ0) is 32.5. The Morgan fingerprint density at radius 3 is 2.37 bits per heavy atom. The lowest BCUT2D eigenvalue weighted by Gasteiger charge is -2.49. The molecule has 0 radical (unpaired) electrons. The second-order valence-electron chi connectivity index (χ2n) is 14.0. The van der Waals surface area contributed by atoms with Gasteiger partial charge in [0.15, 0.2) is 5.78 Å². The third kappa shape index (κ3) is 9.83. The van der Waals surface area contributed by atoms with Gasteiger partial charge in [0.05, 0.1) is 19.8 Å². The molecule has 2 aromatic rings. The van der Waals surface area contributed by atoms with Crippen LogP contribution in [0.2, 0.25) is 0 Å². The Hall–Kier alpha value is -2.85. The van der Waals surface area contributed by atoms with Crippen molar-refractivity contribution in [2.75, 3.05) is 86.7 Å². The number of benzene rings is 2. The molecular weight excluding hydrogens is 576 g/mol. The number of hydrogen-bond donors (Lipinski definition) is 1. The zero-order valence-corrected chi connectivity index (χ0v) is 28.5. The molecule has 2 aliphatic heterocycles. The molecule has 2 fully saturated rings. The summed E-state index contributed by atoms with van der Waals surface area (Å²) < 4.78 is 11.3. The van der Waals surface area contributed by atoms with Crippen molar-refractivity contribution in [3.8, 4) is 5.75 Å². The Bertz CT molecular complexity index is 1310. The number of hydrogen-bond acceptors (Lipinski definition) is 6. The van der Waals surface area contributed by atoms with Crippen LogP contribution in [0.4, 0.5) is 5.69 Å². The smallest absolute Gasteiger partial charge is 0.167 e. The summed E-state index contributed by atoms with van der Waals surface area (Å²) in [6, 6.07) is 15.7. The molecule has 8 heteroatoms. The number of piperidine rings is 1. The molecule has 0 aromatic heterocycles. The largest absolute Gasteiger partial charge is 0.632 e. The summed E-state index contributed by atoms with van der Waals surface area (Å²) in [6.07, 6.45) is 10.7. The van der Waals surface area contributed by atoms with Crippen LogP contribution in [0.1, 0.15) is 42.1 Å². The molecule has 1 aliphatic carbocycles. The molecule has 1 N–H and O–H groups in total. The van der Waals surface area contributed by atoms with E-state index in [0.29, 0.717) is 31.3 Å². The van der Waals surface area contributed by atoms with E-state index in [0.717, 1.165) is 88.6 Å². The highest BCUT2D eigenvalue weighted by Gasteiger charge is 2.33.